The number of nitrogens with two attached hydrogens (primary N) is 1. The average molecular weight is 884 g/mol. The predicted octanol–water partition coefficient (Wildman–Crippen LogP) is 15.2. The summed E-state index contributed by atoms with van der Waals surface area (Å²) >= 11 is 0. The molecule has 9 heteroatoms. The Hall–Kier alpha value is -2.84. The molecular formula is C53H90NO7P. The first kappa shape index (κ1) is 59.2. The first-order chi connectivity index (χ1) is 30.4. The van der Waals surface area contributed by atoms with Gasteiger partial charge in [0.2, 0.25) is 0 Å². The Morgan fingerprint density at radius 3 is 1.35 bits per heavy atom. The van der Waals surface area contributed by atoms with Crippen LogP contribution < -0.4 is 5.73 Å². The maximum Gasteiger partial charge on any atom is 0.472 e. The van der Waals surface area contributed by atoms with E-state index in [2.05, 4.69) is 123 Å². The van der Waals surface area contributed by atoms with Gasteiger partial charge in [-0.15, -0.1) is 0 Å². The lowest BCUT2D eigenvalue weighted by atomic mass is 10.1. The summed E-state index contributed by atoms with van der Waals surface area (Å²) in [6.07, 6.45) is 66.9. The number of rotatable bonds is 45. The van der Waals surface area contributed by atoms with Gasteiger partial charge in [-0.2, -0.15) is 0 Å². The van der Waals surface area contributed by atoms with E-state index in [0.29, 0.717) is 13.0 Å². The Bertz CT molecular complexity index is 1310. The fourth-order valence-electron chi connectivity index (χ4n) is 6.12. The summed E-state index contributed by atoms with van der Waals surface area (Å²) in [7, 11) is -4.31. The van der Waals surface area contributed by atoms with E-state index in [1.165, 1.54) is 64.2 Å². The largest absolute Gasteiger partial charge is 0.472 e. The summed E-state index contributed by atoms with van der Waals surface area (Å²) in [6, 6.07) is 0. The molecule has 0 aromatic rings. The van der Waals surface area contributed by atoms with Crippen LogP contribution in [0.4, 0.5) is 0 Å². The van der Waals surface area contributed by atoms with Gasteiger partial charge in [-0.25, -0.2) is 4.57 Å². The minimum Gasteiger partial charge on any atom is -0.457 e. The van der Waals surface area contributed by atoms with Gasteiger partial charge in [-0.05, 0) is 103 Å². The van der Waals surface area contributed by atoms with Gasteiger partial charge in [0, 0.05) is 19.6 Å². The molecule has 0 saturated heterocycles. The van der Waals surface area contributed by atoms with Crippen LogP contribution in [0.1, 0.15) is 181 Å². The van der Waals surface area contributed by atoms with Crippen LogP contribution in [-0.2, 0) is 27.9 Å². The molecule has 0 heterocycles. The normalized spacial score (nSPS) is 14.3. The molecule has 0 radical (unpaired) electrons. The Balaban J connectivity index is 4.12. The summed E-state index contributed by atoms with van der Waals surface area (Å²) in [6.45, 7) is 4.69. The molecule has 0 fully saturated rings. The first-order valence-electron chi connectivity index (χ1n) is 24.4. The molecule has 0 amide bonds. The average Bonchev–Trinajstić information content (AvgIpc) is 3.26. The molecule has 2 atom stereocenters. The number of hydrogen-bond donors (Lipinski definition) is 2. The molecule has 0 aliphatic heterocycles. The van der Waals surface area contributed by atoms with Crippen molar-refractivity contribution < 1.29 is 32.8 Å². The molecule has 62 heavy (non-hydrogen) atoms. The minimum absolute atomic E-state index is 0.0841. The van der Waals surface area contributed by atoms with E-state index in [9.17, 15) is 14.3 Å². The summed E-state index contributed by atoms with van der Waals surface area (Å²) in [5.74, 6) is -0.380. The molecule has 354 valence electrons. The standard InChI is InChI=1S/C53H90NO7P/c1-3-5-7-9-11-13-15-17-19-21-23-25-27-29-31-33-35-37-39-41-43-45-48-58-50-52(51-60-62(56,57)59-49-47-54)61-53(55)46-44-42-40-38-36-34-32-30-28-26-24-22-20-18-16-14-12-10-8-6-4-2/h6,8,12,14-15,17-18,20-21,23-24,26-27,29-30,32,36,38,52H,3-5,7,9-11,13,16,19,22,25,28,31,33-35,37,39-51,54H2,1-2H3,(H,56,57)/b8-6-,14-12-,17-15-,20-18-,23-21-,26-24-,29-27-,32-30-,38-36-. The monoisotopic (exact) mass is 884 g/mol. The predicted molar refractivity (Wildman–Crippen MR) is 265 cm³/mol. The van der Waals surface area contributed by atoms with E-state index >= 15 is 0 Å². The van der Waals surface area contributed by atoms with Crippen molar-refractivity contribution in [3.8, 4) is 0 Å². The van der Waals surface area contributed by atoms with Crippen molar-refractivity contribution in [3.05, 3.63) is 109 Å². The highest BCUT2D eigenvalue weighted by atomic mass is 31.2. The van der Waals surface area contributed by atoms with Crippen LogP contribution >= 0.6 is 7.82 Å². The van der Waals surface area contributed by atoms with Crippen molar-refractivity contribution in [2.45, 2.75) is 187 Å². The van der Waals surface area contributed by atoms with Crippen LogP contribution in [0, 0.1) is 0 Å². The van der Waals surface area contributed by atoms with Crippen LogP contribution in [0.3, 0.4) is 0 Å². The van der Waals surface area contributed by atoms with Crippen molar-refractivity contribution in [2.75, 3.05) is 33.0 Å². The number of unbranched alkanes of at least 4 members (excludes halogenated alkanes) is 14. The maximum atomic E-state index is 12.6. The molecule has 0 aromatic carbocycles. The van der Waals surface area contributed by atoms with Gasteiger partial charge in [0.05, 0.1) is 19.8 Å². The number of hydrogen-bond acceptors (Lipinski definition) is 7. The van der Waals surface area contributed by atoms with Crippen LogP contribution in [-0.4, -0.2) is 49.9 Å². The lowest BCUT2D eigenvalue weighted by Gasteiger charge is -2.20. The maximum absolute atomic E-state index is 12.6. The summed E-state index contributed by atoms with van der Waals surface area (Å²) in [5, 5.41) is 0. The highest BCUT2D eigenvalue weighted by Gasteiger charge is 2.25. The summed E-state index contributed by atoms with van der Waals surface area (Å²) in [5.41, 5.74) is 5.38. The minimum atomic E-state index is -4.31. The lowest BCUT2D eigenvalue weighted by Crippen LogP contribution is -2.28. The zero-order valence-corrected chi connectivity index (χ0v) is 40.2. The van der Waals surface area contributed by atoms with E-state index in [4.69, 9.17) is 24.3 Å². The Kier molecular flexibility index (Phi) is 46.9. The van der Waals surface area contributed by atoms with E-state index in [0.717, 1.165) is 89.9 Å². The zero-order valence-electron chi connectivity index (χ0n) is 39.3. The van der Waals surface area contributed by atoms with Gasteiger partial charge in [-0.3, -0.25) is 13.8 Å². The third kappa shape index (κ3) is 48.2. The van der Waals surface area contributed by atoms with Gasteiger partial charge >= 0.3 is 13.8 Å². The van der Waals surface area contributed by atoms with Crippen molar-refractivity contribution in [2.24, 2.45) is 5.73 Å². The molecule has 0 aromatic heterocycles. The number of esters is 1. The second-order valence-corrected chi connectivity index (χ2v) is 17.0. The van der Waals surface area contributed by atoms with Crippen LogP contribution in [0.15, 0.2) is 109 Å². The Morgan fingerprint density at radius 1 is 0.500 bits per heavy atom. The third-order valence-corrected chi connectivity index (χ3v) is 10.7. The molecule has 0 aliphatic rings. The topological polar surface area (TPSA) is 117 Å². The van der Waals surface area contributed by atoms with Gasteiger partial charge in [-0.1, -0.05) is 181 Å². The number of phosphoric acid groups is 1. The van der Waals surface area contributed by atoms with E-state index in [1.807, 2.05) is 0 Å². The number of phosphoric ester groups is 1. The van der Waals surface area contributed by atoms with Crippen LogP contribution in [0.25, 0.3) is 0 Å². The SMILES string of the molecule is CC/C=C\C/C=C\C/C=C\C/C=C\C/C=C\C/C=C\CCCCC(=O)OC(COCCCCCCCCC/C=C\C/C=C\C/C=C\CCCCCCC)COP(=O)(O)OCCN. The number of allylic oxidation sites excluding steroid dienone is 18. The Labute approximate surface area is 380 Å². The van der Waals surface area contributed by atoms with Crippen LogP contribution in [0.2, 0.25) is 0 Å². The van der Waals surface area contributed by atoms with E-state index in [-0.39, 0.29) is 38.8 Å². The smallest absolute Gasteiger partial charge is 0.457 e. The highest BCUT2D eigenvalue weighted by Crippen LogP contribution is 2.43. The number of ether oxygens (including phenoxy) is 2. The molecule has 0 rings (SSSR count). The highest BCUT2D eigenvalue weighted by molar-refractivity contribution is 7.47. The molecular weight excluding hydrogens is 794 g/mol. The molecule has 8 nitrogen and oxygen atoms in total. The second-order valence-electron chi connectivity index (χ2n) is 15.6. The van der Waals surface area contributed by atoms with Gasteiger partial charge in [0.15, 0.2) is 0 Å². The van der Waals surface area contributed by atoms with Crippen LogP contribution in [0.5, 0.6) is 0 Å². The third-order valence-electron chi connectivity index (χ3n) is 9.67. The van der Waals surface area contributed by atoms with Gasteiger partial charge < -0.3 is 20.1 Å². The van der Waals surface area contributed by atoms with Gasteiger partial charge in [0.1, 0.15) is 6.10 Å². The molecule has 0 saturated carbocycles. The molecule has 0 aliphatic carbocycles. The van der Waals surface area contributed by atoms with E-state index < -0.39 is 13.9 Å². The van der Waals surface area contributed by atoms with Crippen molar-refractivity contribution in [1.82, 2.24) is 0 Å². The lowest BCUT2D eigenvalue weighted by molar-refractivity contribution is -0.154. The fraction of sp³-hybridized carbons (Fsp3) is 0.642. The van der Waals surface area contributed by atoms with Crippen molar-refractivity contribution in [1.29, 1.82) is 0 Å². The van der Waals surface area contributed by atoms with Crippen molar-refractivity contribution >= 4 is 13.8 Å². The summed E-state index contributed by atoms with van der Waals surface area (Å²) in [4.78, 5) is 22.6. The fourth-order valence-corrected chi connectivity index (χ4v) is 6.89. The molecule has 2 unspecified atom stereocenters. The first-order valence-corrected chi connectivity index (χ1v) is 25.9. The molecule has 3 N–H and O–H groups in total. The molecule has 0 spiro atoms. The van der Waals surface area contributed by atoms with E-state index in [1.54, 1.807) is 0 Å². The summed E-state index contributed by atoms with van der Waals surface area (Å²) < 4.78 is 33.5. The number of carbonyl (C=O) groups excluding carboxylic acids is 1. The number of carbonyl (C=O) groups is 1. The second kappa shape index (κ2) is 49.2. The molecule has 0 bridgehead atoms. The van der Waals surface area contributed by atoms with Crippen molar-refractivity contribution in [3.63, 3.8) is 0 Å². The quantitative estimate of drug-likeness (QED) is 0.0269. The Morgan fingerprint density at radius 2 is 0.903 bits per heavy atom. The zero-order chi connectivity index (χ0) is 45.1. The van der Waals surface area contributed by atoms with Gasteiger partial charge in [0.25, 0.3) is 0 Å².